The van der Waals surface area contributed by atoms with Crippen molar-refractivity contribution in [1.29, 1.82) is 0 Å². The summed E-state index contributed by atoms with van der Waals surface area (Å²) in [5.41, 5.74) is -0.00120. The Labute approximate surface area is 149 Å². The van der Waals surface area contributed by atoms with Crippen LogP contribution in [0.3, 0.4) is 0 Å². The zero-order chi connectivity index (χ0) is 16.2. The van der Waals surface area contributed by atoms with Crippen LogP contribution in [0.5, 0.6) is 0 Å². The first kappa shape index (κ1) is 17.1. The summed E-state index contributed by atoms with van der Waals surface area (Å²) in [7, 11) is 0. The molecule has 0 spiro atoms. The van der Waals surface area contributed by atoms with Gasteiger partial charge in [-0.05, 0) is 30.9 Å². The molecule has 0 unspecified atom stereocenters. The highest BCUT2D eigenvalue weighted by Gasteiger charge is 2.27. The lowest BCUT2D eigenvalue weighted by Crippen LogP contribution is -2.39. The van der Waals surface area contributed by atoms with E-state index in [0.717, 1.165) is 30.9 Å². The van der Waals surface area contributed by atoms with Crippen molar-refractivity contribution in [2.45, 2.75) is 12.8 Å². The lowest BCUT2D eigenvalue weighted by molar-refractivity contribution is 0.0694. The molecule has 0 aliphatic carbocycles. The average molecular weight is 373 g/mol. The van der Waals surface area contributed by atoms with Gasteiger partial charge in [-0.1, -0.05) is 41.2 Å². The lowest BCUT2D eigenvalue weighted by Gasteiger charge is -2.32. The van der Waals surface area contributed by atoms with Gasteiger partial charge in [-0.2, -0.15) is 0 Å². The summed E-state index contributed by atoms with van der Waals surface area (Å²) in [5, 5.41) is 0.184. The first-order valence-electron chi connectivity index (χ1n) is 7.68. The first-order valence-corrected chi connectivity index (χ1v) is 10.0. The van der Waals surface area contributed by atoms with E-state index >= 15 is 0 Å². The monoisotopic (exact) mass is 372 g/mol. The van der Waals surface area contributed by atoms with Crippen molar-refractivity contribution < 1.29 is 9.18 Å². The van der Waals surface area contributed by atoms with Gasteiger partial charge in [0.15, 0.2) is 0 Å². The van der Waals surface area contributed by atoms with E-state index in [-0.39, 0.29) is 16.5 Å². The van der Waals surface area contributed by atoms with Crippen LogP contribution >= 0.6 is 35.1 Å². The summed E-state index contributed by atoms with van der Waals surface area (Å²) in [5.74, 6) is 1.89. The molecule has 1 amide bonds. The van der Waals surface area contributed by atoms with E-state index in [0.29, 0.717) is 19.0 Å². The SMILES string of the molecule is O=C(c1c(F)cccc1Cl)N1CCC(CSC2=NCCS2)CC1. The number of nitrogens with zero attached hydrogens (tertiary/aromatic N) is 2. The molecule has 1 aromatic carbocycles. The van der Waals surface area contributed by atoms with Crippen molar-refractivity contribution in [1.82, 2.24) is 4.90 Å². The number of benzene rings is 1. The molecule has 3 rings (SSSR count). The van der Waals surface area contributed by atoms with E-state index in [1.54, 1.807) is 11.0 Å². The van der Waals surface area contributed by atoms with Crippen molar-refractivity contribution in [3.8, 4) is 0 Å². The van der Waals surface area contributed by atoms with Crippen molar-refractivity contribution in [2.24, 2.45) is 10.9 Å². The molecule has 3 nitrogen and oxygen atoms in total. The minimum atomic E-state index is -0.545. The van der Waals surface area contributed by atoms with Gasteiger partial charge in [0.05, 0.1) is 17.1 Å². The van der Waals surface area contributed by atoms with Gasteiger partial charge in [-0.3, -0.25) is 9.79 Å². The highest BCUT2D eigenvalue weighted by Crippen LogP contribution is 2.29. The Hall–Kier alpha value is -0.720. The number of thioether (sulfide) groups is 2. The predicted octanol–water partition coefficient (Wildman–Crippen LogP) is 4.17. The molecule has 2 aliphatic rings. The van der Waals surface area contributed by atoms with E-state index in [9.17, 15) is 9.18 Å². The Balaban J connectivity index is 1.53. The first-order chi connectivity index (χ1) is 11.1. The van der Waals surface area contributed by atoms with Crippen LogP contribution in [0.1, 0.15) is 23.2 Å². The van der Waals surface area contributed by atoms with E-state index < -0.39 is 5.82 Å². The van der Waals surface area contributed by atoms with Crippen LogP contribution in [-0.2, 0) is 0 Å². The maximum absolute atomic E-state index is 13.9. The standard InChI is InChI=1S/C16H18ClFN2OS2/c17-12-2-1-3-13(18)14(12)15(21)20-7-4-11(5-8-20)10-23-16-19-6-9-22-16/h1-3,11H,4-10H2. The zero-order valence-electron chi connectivity index (χ0n) is 12.6. The molecule has 124 valence electrons. The van der Waals surface area contributed by atoms with Crippen LogP contribution < -0.4 is 0 Å². The number of amides is 1. The zero-order valence-corrected chi connectivity index (χ0v) is 15.0. The Kier molecular flexibility index (Phi) is 5.88. The number of halogens is 2. The number of aliphatic imine (C=N–C) groups is 1. The number of likely N-dealkylation sites (tertiary alicyclic amines) is 1. The molecule has 1 saturated heterocycles. The Bertz CT molecular complexity index is 598. The highest BCUT2D eigenvalue weighted by atomic mass is 35.5. The van der Waals surface area contributed by atoms with Gasteiger partial charge in [0.2, 0.25) is 0 Å². The molecule has 7 heteroatoms. The molecular weight excluding hydrogens is 355 g/mol. The van der Waals surface area contributed by atoms with Crippen LogP contribution in [0.15, 0.2) is 23.2 Å². The average Bonchev–Trinajstić information content (AvgIpc) is 3.06. The Morgan fingerprint density at radius 2 is 2.22 bits per heavy atom. The Morgan fingerprint density at radius 1 is 1.43 bits per heavy atom. The van der Waals surface area contributed by atoms with Gasteiger partial charge in [0.25, 0.3) is 5.91 Å². The fourth-order valence-corrected chi connectivity index (χ4v) is 5.22. The van der Waals surface area contributed by atoms with Crippen molar-refractivity contribution in [2.75, 3.05) is 31.1 Å². The maximum atomic E-state index is 13.9. The second kappa shape index (κ2) is 7.90. The lowest BCUT2D eigenvalue weighted by atomic mass is 9.98. The summed E-state index contributed by atoms with van der Waals surface area (Å²) in [6, 6.07) is 4.35. The van der Waals surface area contributed by atoms with Gasteiger partial charge in [-0.25, -0.2) is 4.39 Å². The summed E-state index contributed by atoms with van der Waals surface area (Å²) in [4.78, 5) is 18.6. The number of piperidine rings is 1. The smallest absolute Gasteiger partial charge is 0.258 e. The minimum Gasteiger partial charge on any atom is -0.338 e. The fourth-order valence-electron chi connectivity index (χ4n) is 2.75. The molecule has 0 bridgehead atoms. The summed E-state index contributed by atoms with van der Waals surface area (Å²) in [6.45, 7) is 2.26. The topological polar surface area (TPSA) is 32.7 Å². The second-order valence-electron chi connectivity index (χ2n) is 5.64. The molecule has 0 aromatic heterocycles. The van der Waals surface area contributed by atoms with Crippen LogP contribution in [0, 0.1) is 11.7 Å². The Morgan fingerprint density at radius 3 is 2.87 bits per heavy atom. The number of carbonyl (C=O) groups is 1. The molecule has 0 N–H and O–H groups in total. The quantitative estimate of drug-likeness (QED) is 0.798. The van der Waals surface area contributed by atoms with E-state index in [2.05, 4.69) is 4.99 Å². The molecule has 2 aliphatic heterocycles. The normalized spacial score (nSPS) is 19.0. The maximum Gasteiger partial charge on any atom is 0.258 e. The fraction of sp³-hybridized carbons (Fsp3) is 0.500. The summed E-state index contributed by atoms with van der Waals surface area (Å²) < 4.78 is 15.1. The highest BCUT2D eigenvalue weighted by molar-refractivity contribution is 8.39. The van der Waals surface area contributed by atoms with Crippen LogP contribution in [0.2, 0.25) is 5.02 Å². The van der Waals surface area contributed by atoms with E-state index in [1.807, 2.05) is 23.5 Å². The third-order valence-corrected chi connectivity index (χ3v) is 6.88. The second-order valence-corrected chi connectivity index (χ2v) is 8.40. The van der Waals surface area contributed by atoms with Gasteiger partial charge >= 0.3 is 0 Å². The predicted molar refractivity (Wildman–Crippen MR) is 97.3 cm³/mol. The third kappa shape index (κ3) is 4.22. The molecule has 2 heterocycles. The molecule has 0 radical (unpaired) electrons. The van der Waals surface area contributed by atoms with Crippen LogP contribution in [0.4, 0.5) is 4.39 Å². The molecule has 1 aromatic rings. The van der Waals surface area contributed by atoms with Crippen molar-refractivity contribution in [3.63, 3.8) is 0 Å². The summed E-state index contributed by atoms with van der Waals surface area (Å²) in [6.07, 6.45) is 1.89. The summed E-state index contributed by atoms with van der Waals surface area (Å²) >= 11 is 9.65. The van der Waals surface area contributed by atoms with E-state index in [1.165, 1.54) is 16.5 Å². The molecule has 0 saturated carbocycles. The van der Waals surface area contributed by atoms with E-state index in [4.69, 9.17) is 11.6 Å². The largest absolute Gasteiger partial charge is 0.338 e. The van der Waals surface area contributed by atoms with Crippen LogP contribution in [-0.4, -0.2) is 46.3 Å². The molecule has 23 heavy (non-hydrogen) atoms. The number of hydrogen-bond acceptors (Lipinski definition) is 4. The van der Waals surface area contributed by atoms with Gasteiger partial charge in [-0.15, -0.1) is 0 Å². The van der Waals surface area contributed by atoms with Crippen molar-refractivity contribution >= 4 is 45.4 Å². The third-order valence-electron chi connectivity index (χ3n) is 4.08. The van der Waals surface area contributed by atoms with Gasteiger partial charge in [0, 0.05) is 24.6 Å². The van der Waals surface area contributed by atoms with Crippen LogP contribution in [0.25, 0.3) is 0 Å². The number of hydrogen-bond donors (Lipinski definition) is 0. The van der Waals surface area contributed by atoms with Gasteiger partial charge in [0.1, 0.15) is 10.2 Å². The molecular formula is C16H18ClFN2OS2. The van der Waals surface area contributed by atoms with Gasteiger partial charge < -0.3 is 4.90 Å². The minimum absolute atomic E-state index is 0.00120. The number of carbonyl (C=O) groups excluding carboxylic acids is 1. The molecule has 1 fully saturated rings. The molecule has 0 atom stereocenters. The number of rotatable bonds is 3. The van der Waals surface area contributed by atoms with Crippen molar-refractivity contribution in [3.05, 3.63) is 34.6 Å².